The quantitative estimate of drug-likeness (QED) is 0.881. The third-order valence-corrected chi connectivity index (χ3v) is 3.75. The molecule has 0 bridgehead atoms. The first-order chi connectivity index (χ1) is 8.27. The molecule has 86 valence electrons. The van der Waals surface area contributed by atoms with Crippen LogP contribution in [-0.2, 0) is 11.3 Å². The molecule has 0 saturated carbocycles. The summed E-state index contributed by atoms with van der Waals surface area (Å²) in [6.07, 6.45) is 0. The number of hydrogen-bond donors (Lipinski definition) is 1. The summed E-state index contributed by atoms with van der Waals surface area (Å²) < 4.78 is 0. The minimum Gasteiger partial charge on any atom is -0.316 e. The lowest BCUT2D eigenvalue weighted by Crippen LogP contribution is -2.31. The van der Waals surface area contributed by atoms with Crippen LogP contribution in [0.3, 0.4) is 0 Å². The maximum atomic E-state index is 12.1. The zero-order valence-corrected chi connectivity index (χ0v) is 9.98. The van der Waals surface area contributed by atoms with Gasteiger partial charge < -0.3 is 10.6 Å². The van der Waals surface area contributed by atoms with Gasteiger partial charge in [-0.25, -0.2) is 0 Å². The molecule has 1 aromatic heterocycles. The zero-order chi connectivity index (χ0) is 11.8. The fraction of sp³-hybridized carbons (Fsp3) is 0.154. The van der Waals surface area contributed by atoms with Gasteiger partial charge in [-0.15, -0.1) is 0 Å². The van der Waals surface area contributed by atoms with Crippen LogP contribution in [0.15, 0.2) is 41.1 Å². The van der Waals surface area contributed by atoms with Crippen LogP contribution in [0.2, 0.25) is 0 Å². The molecule has 3 rings (SSSR count). The Balaban J connectivity index is 1.98. The van der Waals surface area contributed by atoms with Gasteiger partial charge in [-0.3, -0.25) is 4.79 Å². The van der Waals surface area contributed by atoms with Gasteiger partial charge in [0.2, 0.25) is 5.91 Å². The van der Waals surface area contributed by atoms with E-state index >= 15 is 0 Å². The van der Waals surface area contributed by atoms with Crippen molar-refractivity contribution in [3.63, 3.8) is 0 Å². The maximum absolute atomic E-state index is 12.1. The number of para-hydroxylation sites is 1. The molecule has 1 amide bonds. The minimum atomic E-state index is -0.509. The van der Waals surface area contributed by atoms with Crippen molar-refractivity contribution in [1.29, 1.82) is 0 Å². The number of thiophene rings is 1. The van der Waals surface area contributed by atoms with Crippen LogP contribution in [0, 0.1) is 0 Å². The maximum Gasteiger partial charge on any atom is 0.248 e. The summed E-state index contributed by atoms with van der Waals surface area (Å²) in [6.45, 7) is 0.604. The number of benzene rings is 1. The van der Waals surface area contributed by atoms with Crippen LogP contribution in [-0.4, -0.2) is 5.91 Å². The number of fused-ring (bicyclic) bond motifs is 1. The molecule has 0 spiro atoms. The number of nitrogens with zero attached hydrogens (tertiary/aromatic N) is 1. The molecule has 2 N–H and O–H groups in total. The molecule has 1 atom stereocenters. The van der Waals surface area contributed by atoms with Crippen molar-refractivity contribution in [1.82, 2.24) is 0 Å². The Morgan fingerprint density at radius 1 is 1.29 bits per heavy atom. The van der Waals surface area contributed by atoms with Gasteiger partial charge in [-0.2, -0.15) is 11.3 Å². The monoisotopic (exact) mass is 244 g/mol. The summed E-state index contributed by atoms with van der Waals surface area (Å²) in [5, 5.41) is 4.07. The average molecular weight is 244 g/mol. The molecule has 3 nitrogen and oxygen atoms in total. The lowest BCUT2D eigenvalue weighted by Gasteiger charge is -2.16. The molecule has 2 aromatic rings. The van der Waals surface area contributed by atoms with Crippen molar-refractivity contribution in [3.8, 4) is 0 Å². The van der Waals surface area contributed by atoms with Crippen LogP contribution in [0.5, 0.6) is 0 Å². The Hall–Kier alpha value is -1.65. The van der Waals surface area contributed by atoms with E-state index in [2.05, 4.69) is 5.38 Å². The van der Waals surface area contributed by atoms with E-state index in [1.54, 1.807) is 16.2 Å². The predicted molar refractivity (Wildman–Crippen MR) is 68.9 cm³/mol. The van der Waals surface area contributed by atoms with Gasteiger partial charge in [-0.1, -0.05) is 18.2 Å². The van der Waals surface area contributed by atoms with Gasteiger partial charge in [0.25, 0.3) is 0 Å². The van der Waals surface area contributed by atoms with E-state index < -0.39 is 6.04 Å². The standard InChI is InChI=1S/C13H12N2OS/c14-12-10-3-1-2-4-11(10)15(13(12)16)7-9-5-6-17-8-9/h1-6,8,12H,7,14H2. The average Bonchev–Trinajstić information content (AvgIpc) is 2.94. The number of amides is 1. The van der Waals surface area contributed by atoms with Crippen LogP contribution in [0.4, 0.5) is 5.69 Å². The Bertz CT molecular complexity index is 550. The van der Waals surface area contributed by atoms with Crippen LogP contribution < -0.4 is 10.6 Å². The zero-order valence-electron chi connectivity index (χ0n) is 9.17. The molecular weight excluding hydrogens is 232 g/mol. The molecule has 0 radical (unpaired) electrons. The van der Waals surface area contributed by atoms with Crippen molar-refractivity contribution >= 4 is 22.9 Å². The lowest BCUT2D eigenvalue weighted by molar-refractivity contribution is -0.119. The second-order valence-corrected chi connectivity index (χ2v) is 4.87. The molecule has 17 heavy (non-hydrogen) atoms. The fourth-order valence-corrected chi connectivity index (χ4v) is 2.80. The summed E-state index contributed by atoms with van der Waals surface area (Å²) in [5.74, 6) is -0.0163. The second-order valence-electron chi connectivity index (χ2n) is 4.09. The molecule has 1 aromatic carbocycles. The van der Waals surface area contributed by atoms with Crippen LogP contribution in [0.25, 0.3) is 0 Å². The molecular formula is C13H12N2OS. The van der Waals surface area contributed by atoms with Crippen molar-refractivity contribution in [3.05, 3.63) is 52.2 Å². The van der Waals surface area contributed by atoms with Gasteiger partial charge in [0.15, 0.2) is 0 Å². The van der Waals surface area contributed by atoms with Gasteiger partial charge in [-0.05, 0) is 28.5 Å². The SMILES string of the molecule is NC1C(=O)N(Cc2ccsc2)c2ccccc21. The molecule has 1 unspecified atom stereocenters. The summed E-state index contributed by atoms with van der Waals surface area (Å²) in [5.41, 5.74) is 8.93. The van der Waals surface area contributed by atoms with Crippen LogP contribution in [0.1, 0.15) is 17.2 Å². The van der Waals surface area contributed by atoms with Gasteiger partial charge >= 0.3 is 0 Å². The van der Waals surface area contributed by atoms with E-state index in [-0.39, 0.29) is 5.91 Å². The molecule has 0 aliphatic carbocycles. The number of rotatable bonds is 2. The Kier molecular flexibility index (Phi) is 2.46. The summed E-state index contributed by atoms with van der Waals surface area (Å²) in [6, 6.07) is 9.25. The first-order valence-electron chi connectivity index (χ1n) is 5.44. The van der Waals surface area contributed by atoms with Crippen molar-refractivity contribution in [2.45, 2.75) is 12.6 Å². The highest BCUT2D eigenvalue weighted by Crippen LogP contribution is 2.35. The molecule has 0 saturated heterocycles. The molecule has 4 heteroatoms. The number of hydrogen-bond acceptors (Lipinski definition) is 3. The Morgan fingerprint density at radius 2 is 2.12 bits per heavy atom. The molecule has 2 heterocycles. The smallest absolute Gasteiger partial charge is 0.248 e. The molecule has 0 fully saturated rings. The van der Waals surface area contributed by atoms with Crippen molar-refractivity contribution in [2.24, 2.45) is 5.73 Å². The largest absolute Gasteiger partial charge is 0.316 e. The number of anilines is 1. The number of carbonyl (C=O) groups is 1. The van der Waals surface area contributed by atoms with E-state index in [9.17, 15) is 4.79 Å². The van der Waals surface area contributed by atoms with Crippen molar-refractivity contribution < 1.29 is 4.79 Å². The van der Waals surface area contributed by atoms with Crippen LogP contribution >= 0.6 is 11.3 Å². The number of carbonyl (C=O) groups excluding carboxylic acids is 1. The third kappa shape index (κ3) is 1.66. The summed E-state index contributed by atoms with van der Waals surface area (Å²) in [7, 11) is 0. The highest BCUT2D eigenvalue weighted by atomic mass is 32.1. The summed E-state index contributed by atoms with van der Waals surface area (Å²) in [4.78, 5) is 13.9. The van der Waals surface area contributed by atoms with Gasteiger partial charge in [0, 0.05) is 11.3 Å². The topological polar surface area (TPSA) is 46.3 Å². The highest BCUT2D eigenvalue weighted by Gasteiger charge is 2.34. The first kappa shape index (κ1) is 10.5. The molecule has 1 aliphatic heterocycles. The Morgan fingerprint density at radius 3 is 2.88 bits per heavy atom. The summed E-state index contributed by atoms with van der Waals surface area (Å²) >= 11 is 1.64. The third-order valence-electron chi connectivity index (χ3n) is 3.02. The van der Waals surface area contributed by atoms with Gasteiger partial charge in [0.1, 0.15) is 6.04 Å². The highest BCUT2D eigenvalue weighted by molar-refractivity contribution is 7.07. The van der Waals surface area contributed by atoms with E-state index in [0.29, 0.717) is 6.54 Å². The lowest BCUT2D eigenvalue weighted by atomic mass is 10.1. The van der Waals surface area contributed by atoms with E-state index in [0.717, 1.165) is 16.8 Å². The van der Waals surface area contributed by atoms with Crippen molar-refractivity contribution in [2.75, 3.05) is 4.90 Å². The van der Waals surface area contributed by atoms with E-state index in [1.165, 1.54) is 0 Å². The van der Waals surface area contributed by atoms with Gasteiger partial charge in [0.05, 0.1) is 6.54 Å². The van der Waals surface area contributed by atoms with E-state index in [4.69, 9.17) is 5.73 Å². The Labute approximate surface area is 103 Å². The predicted octanol–water partition coefficient (Wildman–Crippen LogP) is 2.29. The number of nitrogens with two attached hydrogens (primary N) is 1. The van der Waals surface area contributed by atoms with E-state index in [1.807, 2.05) is 35.7 Å². The normalized spacial score (nSPS) is 18.5. The minimum absolute atomic E-state index is 0.0163. The first-order valence-corrected chi connectivity index (χ1v) is 6.38. The fourth-order valence-electron chi connectivity index (χ4n) is 2.14. The second kappa shape index (κ2) is 3.98. The molecule has 1 aliphatic rings.